The van der Waals surface area contributed by atoms with Crippen LogP contribution in [0.2, 0.25) is 0 Å². The Labute approximate surface area is 72.6 Å². The molecule has 1 atom stereocenters. The summed E-state index contributed by atoms with van der Waals surface area (Å²) in [7, 11) is 0. The molecule has 0 bridgehead atoms. The van der Waals surface area contributed by atoms with Gasteiger partial charge in [0, 0.05) is 18.2 Å². The van der Waals surface area contributed by atoms with Gasteiger partial charge in [0.25, 0.3) is 0 Å². The molecule has 0 unspecified atom stereocenters. The second-order valence-corrected chi connectivity index (χ2v) is 4.10. The molecule has 1 aliphatic heterocycles. The number of H-pyrrole nitrogens is 1. The maximum atomic E-state index is 4.33. The SMILES string of the molecule is C[C@@H]1Cc2[nH]cnc2C(C)(C)N1. The lowest BCUT2D eigenvalue weighted by atomic mass is 9.90. The highest BCUT2D eigenvalue weighted by molar-refractivity contribution is 5.24. The maximum absolute atomic E-state index is 4.33. The van der Waals surface area contributed by atoms with Crippen molar-refractivity contribution >= 4 is 0 Å². The first-order valence-corrected chi connectivity index (χ1v) is 4.40. The van der Waals surface area contributed by atoms with E-state index in [9.17, 15) is 0 Å². The third-order valence-corrected chi connectivity index (χ3v) is 2.43. The first-order chi connectivity index (χ1) is 5.59. The van der Waals surface area contributed by atoms with Crippen molar-refractivity contribution in [3.8, 4) is 0 Å². The van der Waals surface area contributed by atoms with Crippen LogP contribution in [0.5, 0.6) is 0 Å². The van der Waals surface area contributed by atoms with Crippen LogP contribution in [-0.2, 0) is 12.0 Å². The van der Waals surface area contributed by atoms with Gasteiger partial charge < -0.3 is 10.3 Å². The van der Waals surface area contributed by atoms with E-state index in [1.807, 2.05) is 0 Å². The van der Waals surface area contributed by atoms with E-state index < -0.39 is 0 Å². The summed E-state index contributed by atoms with van der Waals surface area (Å²) in [5.41, 5.74) is 2.47. The molecule has 3 heteroatoms. The van der Waals surface area contributed by atoms with Gasteiger partial charge in [-0.3, -0.25) is 0 Å². The summed E-state index contributed by atoms with van der Waals surface area (Å²) in [5.74, 6) is 0. The molecule has 1 aliphatic rings. The number of aromatic amines is 1. The van der Waals surface area contributed by atoms with Gasteiger partial charge in [0.15, 0.2) is 0 Å². The Kier molecular flexibility index (Phi) is 1.51. The maximum Gasteiger partial charge on any atom is 0.0926 e. The van der Waals surface area contributed by atoms with Crippen molar-refractivity contribution in [3.63, 3.8) is 0 Å². The molecule has 2 N–H and O–H groups in total. The number of nitrogens with one attached hydrogen (secondary N) is 2. The first kappa shape index (κ1) is 7.80. The van der Waals surface area contributed by atoms with Crippen LogP contribution in [0.25, 0.3) is 0 Å². The average molecular weight is 165 g/mol. The lowest BCUT2D eigenvalue weighted by Gasteiger charge is -2.34. The number of nitrogens with zero attached hydrogens (tertiary/aromatic N) is 1. The third-order valence-electron chi connectivity index (χ3n) is 2.43. The lowest BCUT2D eigenvalue weighted by molar-refractivity contribution is 0.316. The van der Waals surface area contributed by atoms with Crippen molar-refractivity contribution in [1.29, 1.82) is 0 Å². The Balaban J connectivity index is 2.45. The van der Waals surface area contributed by atoms with Crippen molar-refractivity contribution < 1.29 is 0 Å². The Hall–Kier alpha value is -0.830. The second-order valence-electron chi connectivity index (χ2n) is 4.10. The number of fused-ring (bicyclic) bond motifs is 1. The Morgan fingerprint density at radius 3 is 3.08 bits per heavy atom. The molecule has 0 amide bonds. The van der Waals surface area contributed by atoms with Crippen molar-refractivity contribution in [2.75, 3.05) is 0 Å². The third kappa shape index (κ3) is 1.05. The van der Waals surface area contributed by atoms with Crippen LogP contribution < -0.4 is 5.32 Å². The smallest absolute Gasteiger partial charge is 0.0926 e. The summed E-state index contributed by atoms with van der Waals surface area (Å²) < 4.78 is 0. The van der Waals surface area contributed by atoms with E-state index in [1.54, 1.807) is 6.33 Å². The van der Waals surface area contributed by atoms with Crippen molar-refractivity contribution in [2.24, 2.45) is 0 Å². The molecule has 12 heavy (non-hydrogen) atoms. The van der Waals surface area contributed by atoms with Gasteiger partial charge in [-0.25, -0.2) is 4.98 Å². The van der Waals surface area contributed by atoms with Crippen LogP contribution >= 0.6 is 0 Å². The van der Waals surface area contributed by atoms with Gasteiger partial charge in [-0.1, -0.05) is 0 Å². The fraction of sp³-hybridized carbons (Fsp3) is 0.667. The summed E-state index contributed by atoms with van der Waals surface area (Å²) >= 11 is 0. The van der Waals surface area contributed by atoms with Gasteiger partial charge >= 0.3 is 0 Å². The predicted molar refractivity (Wildman–Crippen MR) is 47.9 cm³/mol. The van der Waals surface area contributed by atoms with Crippen LogP contribution in [-0.4, -0.2) is 16.0 Å². The van der Waals surface area contributed by atoms with Gasteiger partial charge in [0.1, 0.15) is 0 Å². The van der Waals surface area contributed by atoms with Crippen molar-refractivity contribution in [2.45, 2.75) is 38.8 Å². The van der Waals surface area contributed by atoms with Crippen LogP contribution in [0, 0.1) is 0 Å². The highest BCUT2D eigenvalue weighted by Gasteiger charge is 2.32. The molecule has 0 aliphatic carbocycles. The summed E-state index contributed by atoms with van der Waals surface area (Å²) in [4.78, 5) is 7.52. The van der Waals surface area contributed by atoms with Crippen LogP contribution in [0.3, 0.4) is 0 Å². The number of rotatable bonds is 0. The van der Waals surface area contributed by atoms with Crippen molar-refractivity contribution in [3.05, 3.63) is 17.7 Å². The molecule has 3 nitrogen and oxygen atoms in total. The van der Waals surface area contributed by atoms with Crippen LogP contribution in [0.4, 0.5) is 0 Å². The average Bonchev–Trinajstić information content (AvgIpc) is 2.32. The Morgan fingerprint density at radius 2 is 2.33 bits per heavy atom. The van der Waals surface area contributed by atoms with Crippen LogP contribution in [0.15, 0.2) is 6.33 Å². The highest BCUT2D eigenvalue weighted by atomic mass is 15.1. The first-order valence-electron chi connectivity index (χ1n) is 4.40. The normalized spacial score (nSPS) is 26.8. The van der Waals surface area contributed by atoms with Gasteiger partial charge in [-0.05, 0) is 20.8 Å². The molecule has 2 heterocycles. The molecule has 2 rings (SSSR count). The van der Waals surface area contributed by atoms with E-state index in [0.29, 0.717) is 6.04 Å². The highest BCUT2D eigenvalue weighted by Crippen LogP contribution is 2.26. The Bertz CT molecular complexity index is 288. The quantitative estimate of drug-likeness (QED) is 0.606. The number of hydrogen-bond donors (Lipinski definition) is 2. The predicted octanol–water partition coefficient (Wildman–Crippen LogP) is 1.18. The van der Waals surface area contributed by atoms with Gasteiger partial charge in [-0.2, -0.15) is 0 Å². The van der Waals surface area contributed by atoms with E-state index in [4.69, 9.17) is 0 Å². The molecular weight excluding hydrogens is 150 g/mol. The Morgan fingerprint density at radius 1 is 1.58 bits per heavy atom. The summed E-state index contributed by atoms with van der Waals surface area (Å²) in [6.45, 7) is 6.54. The largest absolute Gasteiger partial charge is 0.348 e. The standard InChI is InChI=1S/C9H15N3/c1-6-4-7-8(11-5-10-7)9(2,3)12-6/h5-6,12H,4H2,1-3H3,(H,10,11)/t6-/m1/s1. The number of aromatic nitrogens is 2. The molecule has 0 spiro atoms. The van der Waals surface area contributed by atoms with E-state index in [1.165, 1.54) is 11.4 Å². The minimum absolute atomic E-state index is 0.0208. The topological polar surface area (TPSA) is 40.7 Å². The van der Waals surface area contributed by atoms with E-state index in [2.05, 4.69) is 36.1 Å². The molecule has 1 aromatic heterocycles. The van der Waals surface area contributed by atoms with Gasteiger partial charge in [0.2, 0.25) is 0 Å². The molecular formula is C9H15N3. The molecule has 0 aromatic carbocycles. The molecule has 0 radical (unpaired) electrons. The molecule has 66 valence electrons. The van der Waals surface area contributed by atoms with Crippen molar-refractivity contribution in [1.82, 2.24) is 15.3 Å². The fourth-order valence-electron chi connectivity index (χ4n) is 2.06. The second kappa shape index (κ2) is 2.33. The summed E-state index contributed by atoms with van der Waals surface area (Å²) in [5, 5.41) is 3.52. The summed E-state index contributed by atoms with van der Waals surface area (Å²) in [6, 6.07) is 0.535. The molecule has 0 fully saturated rings. The fourth-order valence-corrected chi connectivity index (χ4v) is 2.06. The molecule has 0 saturated carbocycles. The zero-order valence-electron chi connectivity index (χ0n) is 7.81. The lowest BCUT2D eigenvalue weighted by Crippen LogP contribution is -2.47. The zero-order valence-corrected chi connectivity index (χ0v) is 7.81. The minimum Gasteiger partial charge on any atom is -0.348 e. The van der Waals surface area contributed by atoms with E-state index in [-0.39, 0.29) is 5.54 Å². The van der Waals surface area contributed by atoms with E-state index in [0.717, 1.165) is 6.42 Å². The number of hydrogen-bond acceptors (Lipinski definition) is 2. The van der Waals surface area contributed by atoms with Gasteiger partial charge in [0.05, 0.1) is 17.6 Å². The van der Waals surface area contributed by atoms with Crippen LogP contribution in [0.1, 0.15) is 32.2 Å². The molecule has 1 aromatic rings. The molecule has 0 saturated heterocycles. The minimum atomic E-state index is 0.0208. The van der Waals surface area contributed by atoms with Gasteiger partial charge in [-0.15, -0.1) is 0 Å². The van der Waals surface area contributed by atoms with E-state index >= 15 is 0 Å². The zero-order chi connectivity index (χ0) is 8.77. The number of imidazole rings is 1. The summed E-state index contributed by atoms with van der Waals surface area (Å²) in [6.07, 6.45) is 2.84. The monoisotopic (exact) mass is 165 g/mol.